The SMILES string of the molecule is NNC(=O)c1cc2c(Br)cccc2s1. The van der Waals surface area contributed by atoms with E-state index in [4.69, 9.17) is 5.84 Å². The Morgan fingerprint density at radius 1 is 1.50 bits per heavy atom. The average molecular weight is 271 g/mol. The van der Waals surface area contributed by atoms with Crippen molar-refractivity contribution in [3.63, 3.8) is 0 Å². The van der Waals surface area contributed by atoms with E-state index in [-0.39, 0.29) is 5.91 Å². The van der Waals surface area contributed by atoms with Crippen LogP contribution in [0, 0.1) is 0 Å². The highest BCUT2D eigenvalue weighted by atomic mass is 79.9. The number of carbonyl (C=O) groups is 1. The quantitative estimate of drug-likeness (QED) is 0.475. The molecule has 0 aliphatic carbocycles. The van der Waals surface area contributed by atoms with Gasteiger partial charge in [0, 0.05) is 14.6 Å². The van der Waals surface area contributed by atoms with Gasteiger partial charge in [-0.3, -0.25) is 10.2 Å². The van der Waals surface area contributed by atoms with Crippen LogP contribution in [-0.4, -0.2) is 5.91 Å². The number of benzene rings is 1. The minimum atomic E-state index is -0.252. The normalized spacial score (nSPS) is 10.4. The number of nitrogens with one attached hydrogen (secondary N) is 1. The molecule has 1 heterocycles. The maximum absolute atomic E-state index is 11.3. The molecule has 1 amide bonds. The Kier molecular flexibility index (Phi) is 2.54. The number of fused-ring (bicyclic) bond motifs is 1. The molecule has 2 aromatic rings. The largest absolute Gasteiger partial charge is 0.289 e. The number of thiophene rings is 1. The highest BCUT2D eigenvalue weighted by molar-refractivity contribution is 9.10. The highest BCUT2D eigenvalue weighted by Crippen LogP contribution is 2.30. The lowest BCUT2D eigenvalue weighted by atomic mass is 10.2. The predicted octanol–water partition coefficient (Wildman–Crippen LogP) is 2.27. The van der Waals surface area contributed by atoms with Gasteiger partial charge in [0.15, 0.2) is 0 Å². The molecule has 1 aromatic carbocycles. The highest BCUT2D eigenvalue weighted by Gasteiger charge is 2.09. The lowest BCUT2D eigenvalue weighted by molar-refractivity contribution is 0.0958. The molecule has 0 saturated carbocycles. The molecular formula is C9H7BrN2OS. The third kappa shape index (κ3) is 1.54. The van der Waals surface area contributed by atoms with Crippen LogP contribution in [0.4, 0.5) is 0 Å². The summed E-state index contributed by atoms with van der Waals surface area (Å²) < 4.78 is 2.06. The smallest absolute Gasteiger partial charge is 0.275 e. The van der Waals surface area contributed by atoms with E-state index in [1.54, 1.807) is 0 Å². The Hall–Kier alpha value is -0.910. The van der Waals surface area contributed by atoms with Crippen molar-refractivity contribution in [2.24, 2.45) is 5.84 Å². The fourth-order valence-corrected chi connectivity index (χ4v) is 2.81. The number of hydrogen-bond acceptors (Lipinski definition) is 3. The Morgan fingerprint density at radius 2 is 2.29 bits per heavy atom. The summed E-state index contributed by atoms with van der Waals surface area (Å²) in [7, 11) is 0. The molecule has 72 valence electrons. The lowest BCUT2D eigenvalue weighted by Crippen LogP contribution is -2.29. The Balaban J connectivity index is 2.62. The van der Waals surface area contributed by atoms with Gasteiger partial charge in [0.25, 0.3) is 5.91 Å². The first-order valence-corrected chi connectivity index (χ1v) is 5.52. The van der Waals surface area contributed by atoms with E-state index in [2.05, 4.69) is 21.4 Å². The molecule has 1 aromatic heterocycles. The Bertz CT molecular complexity index is 495. The van der Waals surface area contributed by atoms with Gasteiger partial charge in [0.2, 0.25) is 0 Å². The van der Waals surface area contributed by atoms with Crippen molar-refractivity contribution in [2.45, 2.75) is 0 Å². The first-order chi connectivity index (χ1) is 6.72. The van der Waals surface area contributed by atoms with Crippen molar-refractivity contribution in [1.82, 2.24) is 5.43 Å². The molecule has 0 bridgehead atoms. The minimum Gasteiger partial charge on any atom is -0.289 e. The zero-order chi connectivity index (χ0) is 10.1. The summed E-state index contributed by atoms with van der Waals surface area (Å²) in [5.41, 5.74) is 2.12. The maximum Gasteiger partial charge on any atom is 0.275 e. The lowest BCUT2D eigenvalue weighted by Gasteiger charge is -1.91. The van der Waals surface area contributed by atoms with Crippen molar-refractivity contribution in [2.75, 3.05) is 0 Å². The van der Waals surface area contributed by atoms with Gasteiger partial charge >= 0.3 is 0 Å². The molecule has 2 rings (SSSR count). The van der Waals surface area contributed by atoms with Crippen LogP contribution in [0.2, 0.25) is 0 Å². The molecule has 0 saturated heterocycles. The molecule has 0 aliphatic rings. The van der Waals surface area contributed by atoms with E-state index in [1.165, 1.54) is 11.3 Å². The number of carbonyl (C=O) groups excluding carboxylic acids is 1. The van der Waals surface area contributed by atoms with Gasteiger partial charge in [-0.15, -0.1) is 11.3 Å². The Morgan fingerprint density at radius 3 is 2.93 bits per heavy atom. The topological polar surface area (TPSA) is 55.1 Å². The van der Waals surface area contributed by atoms with Gasteiger partial charge in [0.1, 0.15) is 0 Å². The van der Waals surface area contributed by atoms with E-state index in [0.29, 0.717) is 4.88 Å². The number of nitrogens with two attached hydrogens (primary N) is 1. The third-order valence-electron chi connectivity index (χ3n) is 1.86. The molecule has 14 heavy (non-hydrogen) atoms. The van der Waals surface area contributed by atoms with Crippen LogP contribution in [0.5, 0.6) is 0 Å². The summed E-state index contributed by atoms with van der Waals surface area (Å²) in [6, 6.07) is 7.68. The van der Waals surface area contributed by atoms with Crippen molar-refractivity contribution in [3.05, 3.63) is 33.6 Å². The van der Waals surface area contributed by atoms with Crippen LogP contribution in [-0.2, 0) is 0 Å². The molecule has 0 unspecified atom stereocenters. The summed E-state index contributed by atoms with van der Waals surface area (Å²) in [5, 5.41) is 1.04. The second-order valence-corrected chi connectivity index (χ2v) is 4.67. The molecule has 0 aliphatic heterocycles. The van der Waals surface area contributed by atoms with E-state index >= 15 is 0 Å². The van der Waals surface area contributed by atoms with Gasteiger partial charge < -0.3 is 0 Å². The van der Waals surface area contributed by atoms with Gasteiger partial charge in [-0.25, -0.2) is 5.84 Å². The van der Waals surface area contributed by atoms with Gasteiger partial charge in [-0.2, -0.15) is 0 Å². The number of hydrazine groups is 1. The van der Waals surface area contributed by atoms with Crippen LogP contribution in [0.25, 0.3) is 10.1 Å². The van der Waals surface area contributed by atoms with Crippen molar-refractivity contribution in [3.8, 4) is 0 Å². The fourth-order valence-electron chi connectivity index (χ4n) is 1.21. The molecule has 0 radical (unpaired) electrons. The number of rotatable bonds is 1. The fraction of sp³-hybridized carbons (Fsp3) is 0. The number of hydrogen-bond donors (Lipinski definition) is 2. The molecule has 0 atom stereocenters. The summed E-state index contributed by atoms with van der Waals surface area (Å²) in [6.45, 7) is 0. The van der Waals surface area contributed by atoms with Crippen molar-refractivity contribution >= 4 is 43.3 Å². The summed E-state index contributed by atoms with van der Waals surface area (Å²) >= 11 is 4.85. The van der Waals surface area contributed by atoms with Gasteiger partial charge in [-0.05, 0) is 18.2 Å². The van der Waals surface area contributed by atoms with E-state index < -0.39 is 0 Å². The van der Waals surface area contributed by atoms with Crippen LogP contribution in [0.1, 0.15) is 9.67 Å². The van der Waals surface area contributed by atoms with Crippen LogP contribution in [0.15, 0.2) is 28.7 Å². The van der Waals surface area contributed by atoms with Crippen molar-refractivity contribution < 1.29 is 4.79 Å². The second-order valence-electron chi connectivity index (χ2n) is 2.74. The molecule has 0 fully saturated rings. The number of amides is 1. The zero-order valence-electron chi connectivity index (χ0n) is 7.08. The minimum absolute atomic E-state index is 0.252. The van der Waals surface area contributed by atoms with Crippen LogP contribution >= 0.6 is 27.3 Å². The summed E-state index contributed by atoms with van der Waals surface area (Å²) in [4.78, 5) is 11.9. The van der Waals surface area contributed by atoms with Gasteiger partial charge in [-0.1, -0.05) is 22.0 Å². The molecular weight excluding hydrogens is 264 g/mol. The van der Waals surface area contributed by atoms with E-state index in [1.807, 2.05) is 24.3 Å². The zero-order valence-corrected chi connectivity index (χ0v) is 9.48. The van der Waals surface area contributed by atoms with Crippen LogP contribution in [0.3, 0.4) is 0 Å². The Labute approximate surface area is 93.0 Å². The molecule has 5 heteroatoms. The van der Waals surface area contributed by atoms with E-state index in [0.717, 1.165) is 14.6 Å². The second kappa shape index (κ2) is 3.68. The number of halogens is 1. The standard InChI is InChI=1S/C9H7BrN2OS/c10-6-2-1-3-7-5(6)4-8(14-7)9(13)12-11/h1-4H,11H2,(H,12,13). The summed E-state index contributed by atoms with van der Waals surface area (Å²) in [5.74, 6) is 4.81. The predicted molar refractivity (Wildman–Crippen MR) is 61.2 cm³/mol. The summed E-state index contributed by atoms with van der Waals surface area (Å²) in [6.07, 6.45) is 0. The van der Waals surface area contributed by atoms with Gasteiger partial charge in [0.05, 0.1) is 4.88 Å². The molecule has 3 N–H and O–H groups in total. The van der Waals surface area contributed by atoms with Crippen LogP contribution < -0.4 is 11.3 Å². The maximum atomic E-state index is 11.3. The monoisotopic (exact) mass is 270 g/mol. The first-order valence-electron chi connectivity index (χ1n) is 3.91. The van der Waals surface area contributed by atoms with E-state index in [9.17, 15) is 4.79 Å². The molecule has 3 nitrogen and oxygen atoms in total. The van der Waals surface area contributed by atoms with Crippen molar-refractivity contribution in [1.29, 1.82) is 0 Å². The third-order valence-corrected chi connectivity index (χ3v) is 3.65. The first kappa shape index (κ1) is 9.64. The molecule has 0 spiro atoms. The number of nitrogen functional groups attached to an aromatic ring is 1. The average Bonchev–Trinajstić information content (AvgIpc) is 2.62.